The van der Waals surface area contributed by atoms with Gasteiger partial charge in [0.25, 0.3) is 0 Å². The zero-order valence-corrected chi connectivity index (χ0v) is 15.3. The van der Waals surface area contributed by atoms with Gasteiger partial charge in [-0.2, -0.15) is 22.5 Å². The molecule has 0 spiro atoms. The summed E-state index contributed by atoms with van der Waals surface area (Å²) in [5, 5.41) is 0. The molecule has 1 fully saturated rings. The van der Waals surface area contributed by atoms with E-state index in [1.807, 2.05) is 0 Å². The van der Waals surface area contributed by atoms with Crippen LogP contribution in [0.2, 0.25) is 0 Å². The molecule has 1 saturated heterocycles. The lowest BCUT2D eigenvalue weighted by Gasteiger charge is -2.31. The van der Waals surface area contributed by atoms with Crippen LogP contribution in [0, 0.1) is 6.92 Å². The summed E-state index contributed by atoms with van der Waals surface area (Å²) in [5.41, 5.74) is -0.888. The summed E-state index contributed by atoms with van der Waals surface area (Å²) in [6, 6.07) is 5.10. The smallest absolute Gasteiger partial charge is 0.416 e. The van der Waals surface area contributed by atoms with E-state index >= 15 is 0 Å². The Kier molecular flexibility index (Phi) is 5.38. The van der Waals surface area contributed by atoms with Crippen molar-refractivity contribution in [2.24, 2.45) is 0 Å². The van der Waals surface area contributed by atoms with E-state index < -0.39 is 27.9 Å². The number of aryl methyl sites for hydroxylation is 1. The molecule has 0 aliphatic carbocycles. The molecule has 6 nitrogen and oxygen atoms in total. The van der Waals surface area contributed by atoms with Gasteiger partial charge in [-0.05, 0) is 44.0 Å². The van der Waals surface area contributed by atoms with Gasteiger partial charge in [0, 0.05) is 18.8 Å². The van der Waals surface area contributed by atoms with E-state index in [4.69, 9.17) is 4.74 Å². The van der Waals surface area contributed by atoms with Crippen LogP contribution in [0.3, 0.4) is 0 Å². The molecular weight excluding hydrogens is 383 g/mol. The Balaban J connectivity index is 1.74. The lowest BCUT2D eigenvalue weighted by Crippen LogP contribution is -2.44. The fourth-order valence-corrected chi connectivity index (χ4v) is 4.37. The Morgan fingerprint density at radius 2 is 1.89 bits per heavy atom. The average molecular weight is 401 g/mol. The van der Waals surface area contributed by atoms with Crippen molar-refractivity contribution in [3.05, 3.63) is 47.9 Å². The lowest BCUT2D eigenvalue weighted by molar-refractivity contribution is -0.137. The van der Waals surface area contributed by atoms with Crippen LogP contribution in [0.5, 0.6) is 5.88 Å². The van der Waals surface area contributed by atoms with Gasteiger partial charge in [0.05, 0.1) is 17.0 Å². The van der Waals surface area contributed by atoms with Crippen LogP contribution in [0.25, 0.3) is 0 Å². The molecule has 0 saturated carbocycles. The van der Waals surface area contributed by atoms with Gasteiger partial charge >= 0.3 is 6.18 Å². The van der Waals surface area contributed by atoms with Gasteiger partial charge in [-0.3, -0.25) is 0 Å². The Bertz CT molecular complexity index is 902. The zero-order chi connectivity index (χ0) is 19.7. The molecule has 146 valence electrons. The van der Waals surface area contributed by atoms with E-state index in [1.54, 1.807) is 19.2 Å². The fourth-order valence-electron chi connectivity index (χ4n) is 2.86. The molecule has 10 heteroatoms. The van der Waals surface area contributed by atoms with Crippen molar-refractivity contribution in [2.45, 2.75) is 36.9 Å². The summed E-state index contributed by atoms with van der Waals surface area (Å²) >= 11 is 0. The van der Waals surface area contributed by atoms with Crippen molar-refractivity contribution >= 4 is 10.0 Å². The first kappa shape index (κ1) is 19.6. The van der Waals surface area contributed by atoms with Crippen LogP contribution in [-0.4, -0.2) is 41.9 Å². The number of nitrogens with zero attached hydrogens (tertiary/aromatic N) is 3. The van der Waals surface area contributed by atoms with Crippen LogP contribution in [0.1, 0.15) is 24.2 Å². The Hall–Kier alpha value is -2.20. The van der Waals surface area contributed by atoms with Crippen LogP contribution < -0.4 is 4.74 Å². The maximum absolute atomic E-state index is 12.8. The predicted octanol–water partition coefficient (Wildman–Crippen LogP) is 3.04. The SMILES string of the molecule is Cc1nccc(OC2CCCN(S(=O)(=O)c3ccc(C(F)(F)F)cc3)C2)n1. The van der Waals surface area contributed by atoms with Gasteiger partial charge in [-0.1, -0.05) is 0 Å². The van der Waals surface area contributed by atoms with Crippen LogP contribution >= 0.6 is 0 Å². The molecule has 1 atom stereocenters. The van der Waals surface area contributed by atoms with Gasteiger partial charge in [0.2, 0.25) is 15.9 Å². The first-order valence-electron chi connectivity index (χ1n) is 8.30. The van der Waals surface area contributed by atoms with Gasteiger partial charge in [-0.25, -0.2) is 13.4 Å². The summed E-state index contributed by atoms with van der Waals surface area (Å²) < 4.78 is 70.5. The van der Waals surface area contributed by atoms with Crippen molar-refractivity contribution in [3.8, 4) is 5.88 Å². The first-order chi connectivity index (χ1) is 12.7. The predicted molar refractivity (Wildman–Crippen MR) is 90.6 cm³/mol. The van der Waals surface area contributed by atoms with E-state index in [-0.39, 0.29) is 18.0 Å². The molecule has 2 heterocycles. The summed E-state index contributed by atoms with van der Waals surface area (Å²) in [7, 11) is -3.90. The highest BCUT2D eigenvalue weighted by Gasteiger charge is 2.33. The van der Waals surface area contributed by atoms with Crippen molar-refractivity contribution < 1.29 is 26.3 Å². The van der Waals surface area contributed by atoms with Gasteiger partial charge in [-0.15, -0.1) is 0 Å². The molecule has 1 aliphatic heterocycles. The van der Waals surface area contributed by atoms with E-state index in [0.717, 1.165) is 24.3 Å². The number of halogens is 3. The molecule has 0 radical (unpaired) electrons. The highest BCUT2D eigenvalue weighted by Crippen LogP contribution is 2.30. The summed E-state index contributed by atoms with van der Waals surface area (Å²) in [4.78, 5) is 7.94. The molecule has 0 N–H and O–H groups in total. The second-order valence-corrected chi connectivity index (χ2v) is 8.15. The minimum Gasteiger partial charge on any atom is -0.473 e. The highest BCUT2D eigenvalue weighted by atomic mass is 32.2. The minimum atomic E-state index is -4.51. The fraction of sp³-hybridized carbons (Fsp3) is 0.412. The summed E-state index contributed by atoms with van der Waals surface area (Å²) in [6.45, 7) is 2.10. The monoisotopic (exact) mass is 401 g/mol. The molecule has 3 rings (SSSR count). The normalized spacial score (nSPS) is 19.0. The van der Waals surface area contributed by atoms with Crippen molar-refractivity contribution in [1.82, 2.24) is 14.3 Å². The Morgan fingerprint density at radius 3 is 2.52 bits per heavy atom. The van der Waals surface area contributed by atoms with E-state index in [1.165, 1.54) is 4.31 Å². The second-order valence-electron chi connectivity index (χ2n) is 6.21. The van der Waals surface area contributed by atoms with Crippen LogP contribution in [0.15, 0.2) is 41.4 Å². The molecule has 2 aromatic rings. The largest absolute Gasteiger partial charge is 0.473 e. The van der Waals surface area contributed by atoms with Crippen molar-refractivity contribution in [3.63, 3.8) is 0 Å². The number of piperidine rings is 1. The quantitative estimate of drug-likeness (QED) is 0.788. The molecule has 1 aliphatic rings. The number of alkyl halides is 3. The molecule has 0 amide bonds. The number of benzene rings is 1. The molecule has 1 aromatic carbocycles. The van der Waals surface area contributed by atoms with Crippen molar-refractivity contribution in [2.75, 3.05) is 13.1 Å². The third kappa shape index (κ3) is 4.56. The number of hydrogen-bond donors (Lipinski definition) is 0. The Morgan fingerprint density at radius 1 is 1.19 bits per heavy atom. The number of hydrogen-bond acceptors (Lipinski definition) is 5. The number of rotatable bonds is 4. The van der Waals surface area contributed by atoms with E-state index in [9.17, 15) is 21.6 Å². The number of aromatic nitrogens is 2. The first-order valence-corrected chi connectivity index (χ1v) is 9.74. The second kappa shape index (κ2) is 7.43. The van der Waals surface area contributed by atoms with E-state index in [2.05, 4.69) is 9.97 Å². The van der Waals surface area contributed by atoms with Crippen LogP contribution in [-0.2, 0) is 16.2 Å². The molecule has 27 heavy (non-hydrogen) atoms. The number of sulfonamides is 1. The van der Waals surface area contributed by atoms with Gasteiger partial charge < -0.3 is 4.74 Å². The summed E-state index contributed by atoms with van der Waals surface area (Å²) in [5.74, 6) is 0.902. The standard InChI is InChI=1S/C17H18F3N3O3S/c1-12-21-9-8-16(22-12)26-14-3-2-10-23(11-14)27(24,25)15-6-4-13(5-7-15)17(18,19)20/h4-9,14H,2-3,10-11H2,1H3. The lowest BCUT2D eigenvalue weighted by atomic mass is 10.1. The average Bonchev–Trinajstić information content (AvgIpc) is 2.61. The zero-order valence-electron chi connectivity index (χ0n) is 14.5. The molecular formula is C17H18F3N3O3S. The molecule has 0 bridgehead atoms. The third-order valence-corrected chi connectivity index (χ3v) is 6.08. The molecule has 1 aromatic heterocycles. The van der Waals surface area contributed by atoms with E-state index in [0.29, 0.717) is 24.5 Å². The molecule has 1 unspecified atom stereocenters. The van der Waals surface area contributed by atoms with Crippen molar-refractivity contribution in [1.29, 1.82) is 0 Å². The topological polar surface area (TPSA) is 72.4 Å². The third-order valence-electron chi connectivity index (χ3n) is 4.20. The maximum Gasteiger partial charge on any atom is 0.416 e. The Labute approximate surface area is 155 Å². The van der Waals surface area contributed by atoms with Gasteiger partial charge in [0.15, 0.2) is 0 Å². The number of ether oxygens (including phenoxy) is 1. The maximum atomic E-state index is 12.8. The minimum absolute atomic E-state index is 0.104. The summed E-state index contributed by atoms with van der Waals surface area (Å²) in [6.07, 6.45) is -2.12. The highest BCUT2D eigenvalue weighted by molar-refractivity contribution is 7.89. The van der Waals surface area contributed by atoms with Gasteiger partial charge in [0.1, 0.15) is 11.9 Å². The van der Waals surface area contributed by atoms with Crippen LogP contribution in [0.4, 0.5) is 13.2 Å².